The van der Waals surface area contributed by atoms with Gasteiger partial charge in [-0.05, 0) is 13.8 Å². The molecule has 2 aromatic heterocycles. The third-order valence-electron chi connectivity index (χ3n) is 2.60. The molecular formula is C12H19N5O. The fraction of sp³-hybridized carbons (Fsp3) is 0.500. The summed E-state index contributed by atoms with van der Waals surface area (Å²) < 4.78 is 1.91. The van der Waals surface area contributed by atoms with Crippen molar-refractivity contribution in [1.82, 2.24) is 14.4 Å². The smallest absolute Gasteiger partial charge is 0.180 e. The van der Waals surface area contributed by atoms with E-state index in [1.54, 1.807) is 20.0 Å². The van der Waals surface area contributed by atoms with Crippen LogP contribution in [0.3, 0.4) is 0 Å². The molecule has 2 heterocycles. The first kappa shape index (κ1) is 12.6. The topological polar surface area (TPSA) is 65.7 Å². The largest absolute Gasteiger partial charge is 0.389 e. The summed E-state index contributed by atoms with van der Waals surface area (Å²) >= 11 is 0. The maximum atomic E-state index is 9.89. The maximum Gasteiger partial charge on any atom is 0.180 e. The van der Waals surface area contributed by atoms with E-state index in [0.717, 1.165) is 17.3 Å². The molecule has 2 rings (SSSR count). The van der Waals surface area contributed by atoms with Crippen LogP contribution in [0, 0.1) is 0 Å². The van der Waals surface area contributed by atoms with Crippen LogP contribution in [0.5, 0.6) is 0 Å². The van der Waals surface area contributed by atoms with Crippen molar-refractivity contribution in [2.45, 2.75) is 19.4 Å². The van der Waals surface area contributed by atoms with Crippen LogP contribution in [0.2, 0.25) is 0 Å². The number of rotatable bonds is 4. The Kier molecular flexibility index (Phi) is 3.13. The first-order chi connectivity index (χ1) is 8.40. The third-order valence-corrected chi connectivity index (χ3v) is 2.60. The standard InChI is InChI=1S/C12H19N5O/c1-12(2,18)8-16(4)11-10-14-5-6-17(10)7-9(13-3)15-11/h5-7,13,18H,8H2,1-4H3. The van der Waals surface area contributed by atoms with Crippen LogP contribution in [0.1, 0.15) is 13.8 Å². The molecule has 0 spiro atoms. The molecule has 0 saturated heterocycles. The quantitative estimate of drug-likeness (QED) is 0.845. The Hall–Kier alpha value is -1.82. The zero-order chi connectivity index (χ0) is 13.3. The Morgan fingerprint density at radius 1 is 1.50 bits per heavy atom. The Balaban J connectivity index is 2.45. The lowest BCUT2D eigenvalue weighted by molar-refractivity contribution is 0.0885. The van der Waals surface area contributed by atoms with Gasteiger partial charge in [0.25, 0.3) is 0 Å². The van der Waals surface area contributed by atoms with Crippen LogP contribution in [0.4, 0.5) is 11.6 Å². The molecule has 0 saturated carbocycles. The zero-order valence-corrected chi connectivity index (χ0v) is 11.2. The molecule has 18 heavy (non-hydrogen) atoms. The van der Waals surface area contributed by atoms with E-state index in [2.05, 4.69) is 15.3 Å². The first-order valence-electron chi connectivity index (χ1n) is 5.86. The summed E-state index contributed by atoms with van der Waals surface area (Å²) in [5.74, 6) is 1.51. The molecular weight excluding hydrogens is 230 g/mol. The summed E-state index contributed by atoms with van der Waals surface area (Å²) in [6.07, 6.45) is 5.49. The summed E-state index contributed by atoms with van der Waals surface area (Å²) in [7, 11) is 3.72. The van der Waals surface area contributed by atoms with Gasteiger partial charge in [0.15, 0.2) is 11.5 Å². The van der Waals surface area contributed by atoms with Crippen LogP contribution in [-0.2, 0) is 0 Å². The molecule has 0 radical (unpaired) electrons. The van der Waals surface area contributed by atoms with Gasteiger partial charge < -0.3 is 19.7 Å². The van der Waals surface area contributed by atoms with E-state index in [1.165, 1.54) is 0 Å². The van der Waals surface area contributed by atoms with E-state index in [1.807, 2.05) is 35.8 Å². The molecule has 0 atom stereocenters. The lowest BCUT2D eigenvalue weighted by Crippen LogP contribution is -2.37. The maximum absolute atomic E-state index is 9.89. The highest BCUT2D eigenvalue weighted by atomic mass is 16.3. The molecule has 0 amide bonds. The fourth-order valence-corrected chi connectivity index (χ4v) is 1.95. The molecule has 0 unspecified atom stereocenters. The predicted octanol–water partition coefficient (Wildman–Crippen LogP) is 0.978. The fourth-order valence-electron chi connectivity index (χ4n) is 1.95. The van der Waals surface area contributed by atoms with Crippen LogP contribution in [-0.4, -0.2) is 45.7 Å². The molecule has 2 N–H and O–H groups in total. The minimum absolute atomic E-state index is 0.482. The Morgan fingerprint density at radius 2 is 2.22 bits per heavy atom. The van der Waals surface area contributed by atoms with Crippen molar-refractivity contribution >= 4 is 17.3 Å². The minimum atomic E-state index is -0.782. The van der Waals surface area contributed by atoms with Crippen molar-refractivity contribution in [3.63, 3.8) is 0 Å². The van der Waals surface area contributed by atoms with Crippen molar-refractivity contribution in [3.05, 3.63) is 18.6 Å². The monoisotopic (exact) mass is 249 g/mol. The summed E-state index contributed by atoms with van der Waals surface area (Å²) in [4.78, 5) is 10.7. The molecule has 2 aromatic rings. The minimum Gasteiger partial charge on any atom is -0.389 e. The summed E-state index contributed by atoms with van der Waals surface area (Å²) in [6.45, 7) is 4.03. The Labute approximate surface area is 106 Å². The summed E-state index contributed by atoms with van der Waals surface area (Å²) in [5.41, 5.74) is -0.00361. The molecule has 0 bridgehead atoms. The van der Waals surface area contributed by atoms with Gasteiger partial charge in [0.05, 0.1) is 11.8 Å². The molecule has 0 aliphatic rings. The molecule has 0 aromatic carbocycles. The van der Waals surface area contributed by atoms with Crippen molar-refractivity contribution in [2.75, 3.05) is 30.9 Å². The number of aliphatic hydroxyl groups is 1. The lowest BCUT2D eigenvalue weighted by Gasteiger charge is -2.26. The molecule has 0 aliphatic carbocycles. The summed E-state index contributed by atoms with van der Waals surface area (Å²) in [5, 5.41) is 12.9. The van der Waals surface area contributed by atoms with Gasteiger partial charge in [-0.15, -0.1) is 0 Å². The van der Waals surface area contributed by atoms with E-state index in [-0.39, 0.29) is 0 Å². The van der Waals surface area contributed by atoms with Crippen LogP contribution < -0.4 is 10.2 Å². The number of fused-ring (bicyclic) bond motifs is 1. The highest BCUT2D eigenvalue weighted by Crippen LogP contribution is 2.20. The molecule has 0 aliphatic heterocycles. The molecule has 6 heteroatoms. The zero-order valence-electron chi connectivity index (χ0n) is 11.2. The number of nitrogens with one attached hydrogen (secondary N) is 1. The van der Waals surface area contributed by atoms with E-state index in [9.17, 15) is 5.11 Å². The van der Waals surface area contributed by atoms with E-state index in [4.69, 9.17) is 0 Å². The SMILES string of the molecule is CNc1cn2ccnc2c(N(C)CC(C)(C)O)n1. The van der Waals surface area contributed by atoms with Crippen molar-refractivity contribution in [1.29, 1.82) is 0 Å². The van der Waals surface area contributed by atoms with Crippen molar-refractivity contribution < 1.29 is 5.11 Å². The molecule has 98 valence electrons. The van der Waals surface area contributed by atoms with Crippen LogP contribution in [0.15, 0.2) is 18.6 Å². The van der Waals surface area contributed by atoms with Crippen LogP contribution >= 0.6 is 0 Å². The average Bonchev–Trinajstić information content (AvgIpc) is 2.72. The van der Waals surface area contributed by atoms with Crippen molar-refractivity contribution in [2.24, 2.45) is 0 Å². The number of hydrogen-bond acceptors (Lipinski definition) is 5. The number of nitrogens with zero attached hydrogens (tertiary/aromatic N) is 4. The van der Waals surface area contributed by atoms with E-state index in [0.29, 0.717) is 6.54 Å². The number of aromatic nitrogens is 3. The molecule has 6 nitrogen and oxygen atoms in total. The van der Waals surface area contributed by atoms with Gasteiger partial charge >= 0.3 is 0 Å². The Morgan fingerprint density at radius 3 is 2.83 bits per heavy atom. The lowest BCUT2D eigenvalue weighted by atomic mass is 10.1. The predicted molar refractivity (Wildman–Crippen MR) is 72.1 cm³/mol. The normalized spacial score (nSPS) is 11.8. The highest BCUT2D eigenvalue weighted by molar-refractivity contribution is 5.66. The second kappa shape index (κ2) is 4.45. The van der Waals surface area contributed by atoms with E-state index >= 15 is 0 Å². The Bertz CT molecular complexity index is 543. The molecule has 0 fully saturated rings. The summed E-state index contributed by atoms with van der Waals surface area (Å²) in [6, 6.07) is 0. The van der Waals surface area contributed by atoms with Gasteiger partial charge in [-0.3, -0.25) is 0 Å². The first-order valence-corrected chi connectivity index (χ1v) is 5.86. The number of anilines is 2. The van der Waals surface area contributed by atoms with Crippen LogP contribution in [0.25, 0.3) is 5.65 Å². The second-order valence-corrected chi connectivity index (χ2v) is 5.03. The average molecular weight is 249 g/mol. The van der Waals surface area contributed by atoms with Gasteiger partial charge in [-0.2, -0.15) is 0 Å². The third kappa shape index (κ3) is 2.53. The van der Waals surface area contributed by atoms with Gasteiger partial charge in [0.1, 0.15) is 5.82 Å². The van der Waals surface area contributed by atoms with Gasteiger partial charge in [0, 0.05) is 33.0 Å². The number of likely N-dealkylation sites (N-methyl/N-ethyl adjacent to an activating group) is 1. The van der Waals surface area contributed by atoms with Gasteiger partial charge in [-0.25, -0.2) is 9.97 Å². The van der Waals surface area contributed by atoms with Crippen molar-refractivity contribution in [3.8, 4) is 0 Å². The van der Waals surface area contributed by atoms with Gasteiger partial charge in [0.2, 0.25) is 0 Å². The van der Waals surface area contributed by atoms with Gasteiger partial charge in [-0.1, -0.05) is 0 Å². The second-order valence-electron chi connectivity index (χ2n) is 5.03. The van der Waals surface area contributed by atoms with E-state index < -0.39 is 5.60 Å². The number of hydrogen-bond donors (Lipinski definition) is 2. The number of imidazole rings is 1. The highest BCUT2D eigenvalue weighted by Gasteiger charge is 2.19.